The second-order valence-corrected chi connectivity index (χ2v) is 9.35. The van der Waals surface area contributed by atoms with E-state index < -0.39 is 18.4 Å². The SMILES string of the molecule is CCN(B(C)O)c1cc(F)cc2c1NC(=O)C2(C)N1CC[C@H](c2ccccc2)[C@@H](NC(C)=O)C1. The van der Waals surface area contributed by atoms with Crippen LogP contribution in [0.3, 0.4) is 0 Å². The van der Waals surface area contributed by atoms with Crippen LogP contribution < -0.4 is 15.4 Å². The van der Waals surface area contributed by atoms with Crippen LogP contribution in [0.5, 0.6) is 0 Å². The van der Waals surface area contributed by atoms with E-state index in [0.717, 1.165) is 12.0 Å². The van der Waals surface area contributed by atoms with Crippen molar-refractivity contribution >= 4 is 30.2 Å². The van der Waals surface area contributed by atoms with E-state index in [1.165, 1.54) is 19.1 Å². The Bertz CT molecular complexity index is 1080. The largest absolute Gasteiger partial charge is 0.432 e. The number of nitrogens with one attached hydrogen (secondary N) is 2. The van der Waals surface area contributed by atoms with Gasteiger partial charge in [-0.15, -0.1) is 0 Å². The van der Waals surface area contributed by atoms with Crippen LogP contribution in [0.1, 0.15) is 44.2 Å². The van der Waals surface area contributed by atoms with E-state index in [4.69, 9.17) is 0 Å². The summed E-state index contributed by atoms with van der Waals surface area (Å²) in [5.74, 6) is -0.718. The third-order valence-electron chi connectivity index (χ3n) is 7.25. The van der Waals surface area contributed by atoms with Crippen LogP contribution in [0.4, 0.5) is 15.8 Å². The van der Waals surface area contributed by atoms with Gasteiger partial charge in [-0.3, -0.25) is 14.5 Å². The number of amides is 2. The molecule has 0 saturated carbocycles. The molecule has 1 unspecified atom stereocenters. The van der Waals surface area contributed by atoms with Crippen molar-refractivity contribution in [2.45, 2.75) is 51.5 Å². The van der Waals surface area contributed by atoms with Crippen molar-refractivity contribution in [3.05, 3.63) is 59.4 Å². The van der Waals surface area contributed by atoms with E-state index in [1.54, 1.807) is 11.6 Å². The van der Waals surface area contributed by atoms with Gasteiger partial charge in [0, 0.05) is 44.1 Å². The van der Waals surface area contributed by atoms with Gasteiger partial charge in [-0.1, -0.05) is 30.3 Å². The number of hydrogen-bond donors (Lipinski definition) is 3. The van der Waals surface area contributed by atoms with Gasteiger partial charge in [0.25, 0.3) is 0 Å². The summed E-state index contributed by atoms with van der Waals surface area (Å²) in [6.45, 7) is 8.30. The summed E-state index contributed by atoms with van der Waals surface area (Å²) in [5.41, 5.74) is 1.57. The number of halogens is 1. The van der Waals surface area contributed by atoms with Crippen LogP contribution in [0, 0.1) is 5.82 Å². The van der Waals surface area contributed by atoms with Crippen LogP contribution in [-0.4, -0.2) is 54.5 Å². The topological polar surface area (TPSA) is 84.9 Å². The van der Waals surface area contributed by atoms with E-state index in [0.29, 0.717) is 36.6 Å². The lowest BCUT2D eigenvalue weighted by molar-refractivity contribution is -0.128. The van der Waals surface area contributed by atoms with Gasteiger partial charge < -0.3 is 20.5 Å². The molecule has 9 heteroatoms. The van der Waals surface area contributed by atoms with Crippen molar-refractivity contribution in [1.29, 1.82) is 0 Å². The molecule has 7 nitrogen and oxygen atoms in total. The minimum Gasteiger partial charge on any atom is -0.432 e. The number of likely N-dealkylation sites (tertiary alicyclic amines) is 1. The molecule has 2 aromatic rings. The molecule has 34 heavy (non-hydrogen) atoms. The fraction of sp³-hybridized carbons (Fsp3) is 0.440. The molecule has 2 aliphatic rings. The molecule has 3 N–H and O–H groups in total. The van der Waals surface area contributed by atoms with Crippen LogP contribution in [0.2, 0.25) is 6.82 Å². The Morgan fingerprint density at radius 1 is 1.35 bits per heavy atom. The van der Waals surface area contributed by atoms with Gasteiger partial charge >= 0.3 is 7.05 Å². The standard InChI is InChI=1S/C25H32BFN4O3/c1-5-31(26(4)34)22-14-18(27)13-20-23(22)29-24(33)25(20,3)30-12-11-19(17-9-7-6-8-10-17)21(15-30)28-16(2)32/h6-10,13-14,19,21,34H,5,11-12,15H2,1-4H3,(H,28,32)(H,29,33)/t19-,21+,25?/m1/s1. The highest BCUT2D eigenvalue weighted by Gasteiger charge is 2.51. The number of anilines is 2. The van der Waals surface area contributed by atoms with Gasteiger partial charge in [0.1, 0.15) is 11.4 Å². The van der Waals surface area contributed by atoms with E-state index in [2.05, 4.69) is 22.8 Å². The molecular formula is C25H32BFN4O3. The van der Waals surface area contributed by atoms with Gasteiger partial charge in [0.2, 0.25) is 11.8 Å². The lowest BCUT2D eigenvalue weighted by Gasteiger charge is -2.45. The quantitative estimate of drug-likeness (QED) is 0.571. The Morgan fingerprint density at radius 3 is 2.68 bits per heavy atom. The van der Waals surface area contributed by atoms with E-state index >= 15 is 0 Å². The van der Waals surface area contributed by atoms with Gasteiger partial charge in [0.05, 0.1) is 11.4 Å². The predicted molar refractivity (Wildman–Crippen MR) is 132 cm³/mol. The highest BCUT2D eigenvalue weighted by atomic mass is 19.1. The Morgan fingerprint density at radius 2 is 2.06 bits per heavy atom. The van der Waals surface area contributed by atoms with Crippen LogP contribution >= 0.6 is 0 Å². The maximum Gasteiger partial charge on any atom is 0.409 e. The molecule has 1 fully saturated rings. The number of nitrogens with zero attached hydrogens (tertiary/aromatic N) is 2. The molecule has 2 amide bonds. The Balaban J connectivity index is 1.72. The molecule has 3 atom stereocenters. The number of fused-ring (bicyclic) bond motifs is 1. The van der Waals surface area contributed by atoms with Crippen molar-refractivity contribution in [2.24, 2.45) is 0 Å². The van der Waals surface area contributed by atoms with Crippen molar-refractivity contribution in [3.63, 3.8) is 0 Å². The first kappa shape index (κ1) is 24.2. The van der Waals surface area contributed by atoms with E-state index in [1.807, 2.05) is 36.9 Å². The van der Waals surface area contributed by atoms with Crippen LogP contribution in [0.25, 0.3) is 0 Å². The molecule has 0 aromatic heterocycles. The minimum absolute atomic E-state index is 0.114. The molecule has 0 bridgehead atoms. The van der Waals surface area contributed by atoms with Gasteiger partial charge in [-0.25, -0.2) is 4.39 Å². The molecule has 2 aromatic carbocycles. The maximum absolute atomic E-state index is 14.8. The summed E-state index contributed by atoms with van der Waals surface area (Å²) in [6, 6.07) is 12.6. The van der Waals surface area contributed by atoms with Crippen molar-refractivity contribution in [2.75, 3.05) is 29.8 Å². The lowest BCUT2D eigenvalue weighted by Crippen LogP contribution is -2.58. The van der Waals surface area contributed by atoms with Crippen molar-refractivity contribution in [1.82, 2.24) is 10.2 Å². The minimum atomic E-state index is -1.11. The molecule has 2 heterocycles. The average Bonchev–Trinajstić information content (AvgIpc) is 3.05. The monoisotopic (exact) mass is 466 g/mol. The van der Waals surface area contributed by atoms with Gasteiger partial charge in [-0.2, -0.15) is 0 Å². The van der Waals surface area contributed by atoms with Crippen LogP contribution in [0.15, 0.2) is 42.5 Å². The second kappa shape index (κ2) is 9.39. The third-order valence-corrected chi connectivity index (χ3v) is 7.25. The number of carbonyl (C=O) groups excluding carboxylic acids is 2. The number of carbonyl (C=O) groups is 2. The zero-order chi connectivity index (χ0) is 24.6. The zero-order valence-electron chi connectivity index (χ0n) is 20.1. The Labute approximate surface area is 200 Å². The maximum atomic E-state index is 14.8. The first-order valence-corrected chi connectivity index (χ1v) is 11.8. The zero-order valence-corrected chi connectivity index (χ0v) is 20.1. The van der Waals surface area contributed by atoms with Crippen LogP contribution in [-0.2, 0) is 15.1 Å². The number of benzene rings is 2. The van der Waals surface area contributed by atoms with E-state index in [9.17, 15) is 19.0 Å². The molecule has 0 aliphatic carbocycles. The third kappa shape index (κ3) is 4.18. The van der Waals surface area contributed by atoms with Gasteiger partial charge in [-0.05, 0) is 44.8 Å². The number of hydrogen-bond acceptors (Lipinski definition) is 5. The summed E-state index contributed by atoms with van der Waals surface area (Å²) < 4.78 is 14.8. The van der Waals surface area contributed by atoms with E-state index in [-0.39, 0.29) is 23.8 Å². The Hall–Kier alpha value is -2.91. The molecule has 0 spiro atoms. The van der Waals surface area contributed by atoms with Crippen molar-refractivity contribution in [3.8, 4) is 0 Å². The average molecular weight is 466 g/mol. The molecule has 1 saturated heterocycles. The second-order valence-electron chi connectivity index (χ2n) is 9.35. The first-order chi connectivity index (χ1) is 16.2. The number of piperidine rings is 1. The molecule has 0 radical (unpaired) electrons. The molecule has 180 valence electrons. The summed E-state index contributed by atoms with van der Waals surface area (Å²) in [6.07, 6.45) is 0.740. The predicted octanol–water partition coefficient (Wildman–Crippen LogP) is 2.92. The fourth-order valence-corrected chi connectivity index (χ4v) is 5.51. The molecular weight excluding hydrogens is 434 g/mol. The summed E-state index contributed by atoms with van der Waals surface area (Å²) in [7, 11) is -0.842. The smallest absolute Gasteiger partial charge is 0.409 e. The fourth-order valence-electron chi connectivity index (χ4n) is 5.51. The lowest BCUT2D eigenvalue weighted by atomic mass is 9.81. The number of rotatable bonds is 6. The molecule has 4 rings (SSSR count). The highest BCUT2D eigenvalue weighted by molar-refractivity contribution is 6.54. The normalized spacial score (nSPS) is 24.4. The van der Waals surface area contributed by atoms with Crippen molar-refractivity contribution < 1.29 is 19.0 Å². The Kier molecular flexibility index (Phi) is 6.69. The summed E-state index contributed by atoms with van der Waals surface area (Å²) >= 11 is 0. The van der Waals surface area contributed by atoms with Gasteiger partial charge in [0.15, 0.2) is 0 Å². The highest BCUT2D eigenvalue weighted by Crippen LogP contribution is 2.47. The molecule has 2 aliphatic heterocycles. The summed E-state index contributed by atoms with van der Waals surface area (Å²) in [5, 5.41) is 16.3. The summed E-state index contributed by atoms with van der Waals surface area (Å²) in [4.78, 5) is 29.2. The first-order valence-electron chi connectivity index (χ1n) is 11.8.